The van der Waals surface area contributed by atoms with Crippen molar-refractivity contribution in [3.8, 4) is 11.5 Å². The fourth-order valence-electron chi connectivity index (χ4n) is 3.26. The first-order valence-electron chi connectivity index (χ1n) is 9.34. The van der Waals surface area contributed by atoms with Gasteiger partial charge >= 0.3 is 0 Å². The zero-order valence-corrected chi connectivity index (χ0v) is 16.3. The molecule has 0 aromatic heterocycles. The average Bonchev–Trinajstić information content (AvgIpc) is 2.99. The number of Topliss-reactive ketones (excluding diaryl/α,β-unsaturated/α-hetero) is 1. The molecule has 0 aliphatic carbocycles. The number of hydrogen-bond donors (Lipinski definition) is 0. The van der Waals surface area contributed by atoms with Crippen LogP contribution in [0.3, 0.4) is 0 Å². The number of benzene rings is 3. The Balaban J connectivity index is 1.54. The first-order chi connectivity index (χ1) is 13.5. The molecule has 3 nitrogen and oxygen atoms in total. The van der Waals surface area contributed by atoms with E-state index in [4.69, 9.17) is 9.47 Å². The molecule has 0 saturated carbocycles. The molecule has 0 N–H and O–H groups in total. The average molecular weight is 370 g/mol. The molecule has 3 heteroatoms. The van der Waals surface area contributed by atoms with E-state index in [-0.39, 0.29) is 5.78 Å². The molecule has 0 atom stereocenters. The number of fused-ring (bicyclic) bond motifs is 1. The molecule has 4 rings (SSSR count). The predicted molar refractivity (Wildman–Crippen MR) is 111 cm³/mol. The molecule has 0 bridgehead atoms. The van der Waals surface area contributed by atoms with Gasteiger partial charge in [-0.25, -0.2) is 0 Å². The molecule has 0 fully saturated rings. The first-order valence-corrected chi connectivity index (χ1v) is 9.34. The monoisotopic (exact) mass is 370 g/mol. The Morgan fingerprint density at radius 2 is 1.75 bits per heavy atom. The van der Waals surface area contributed by atoms with Crippen LogP contribution in [0.4, 0.5) is 0 Å². The maximum Gasteiger partial charge on any atom is 0.231 e. The lowest BCUT2D eigenvalue weighted by atomic mass is 10.1. The fourth-order valence-corrected chi connectivity index (χ4v) is 3.26. The quantitative estimate of drug-likeness (QED) is 0.544. The van der Waals surface area contributed by atoms with Gasteiger partial charge in [-0.2, -0.15) is 0 Å². The zero-order chi connectivity index (χ0) is 19.7. The van der Waals surface area contributed by atoms with Crippen molar-refractivity contribution in [1.82, 2.24) is 0 Å². The van der Waals surface area contributed by atoms with E-state index in [2.05, 4.69) is 32.0 Å². The predicted octanol–water partition coefficient (Wildman–Crippen LogP) is 5.81. The fraction of sp³-hybridized carbons (Fsp3) is 0.160. The van der Waals surface area contributed by atoms with Gasteiger partial charge in [0.2, 0.25) is 5.78 Å². The van der Waals surface area contributed by atoms with Gasteiger partial charge in [0, 0.05) is 6.07 Å². The summed E-state index contributed by atoms with van der Waals surface area (Å²) in [6, 6.07) is 19.6. The molecular formula is C25H22O3. The summed E-state index contributed by atoms with van der Waals surface area (Å²) in [5, 5.41) is 0. The molecule has 1 aliphatic rings. The minimum atomic E-state index is -0.0978. The van der Waals surface area contributed by atoms with Crippen LogP contribution in [0.5, 0.6) is 11.5 Å². The van der Waals surface area contributed by atoms with Crippen LogP contribution in [-0.4, -0.2) is 5.78 Å². The molecule has 0 amide bonds. The van der Waals surface area contributed by atoms with Crippen LogP contribution in [0.1, 0.15) is 38.2 Å². The Morgan fingerprint density at radius 3 is 2.57 bits per heavy atom. The summed E-state index contributed by atoms with van der Waals surface area (Å²) in [4.78, 5) is 12.7. The van der Waals surface area contributed by atoms with Gasteiger partial charge in [-0.3, -0.25) is 4.79 Å². The van der Waals surface area contributed by atoms with E-state index in [9.17, 15) is 4.79 Å². The molecular weight excluding hydrogens is 348 g/mol. The highest BCUT2D eigenvalue weighted by atomic mass is 16.5. The minimum absolute atomic E-state index is 0.0978. The van der Waals surface area contributed by atoms with Gasteiger partial charge in [0.25, 0.3) is 0 Å². The van der Waals surface area contributed by atoms with E-state index in [0.717, 1.165) is 16.7 Å². The van der Waals surface area contributed by atoms with Crippen LogP contribution >= 0.6 is 0 Å². The Kier molecular flexibility index (Phi) is 4.74. The number of carbonyl (C=O) groups is 1. The molecule has 3 aromatic carbocycles. The highest BCUT2D eigenvalue weighted by molar-refractivity contribution is 6.14. The third kappa shape index (κ3) is 3.56. The maximum absolute atomic E-state index is 12.7. The molecule has 140 valence electrons. The van der Waals surface area contributed by atoms with E-state index in [0.29, 0.717) is 29.4 Å². The summed E-state index contributed by atoms with van der Waals surface area (Å²) in [5.41, 5.74) is 6.20. The Labute approximate surface area is 165 Å². The number of ketones is 1. The van der Waals surface area contributed by atoms with Gasteiger partial charge in [-0.15, -0.1) is 0 Å². The second-order valence-electron chi connectivity index (χ2n) is 7.17. The van der Waals surface area contributed by atoms with Crippen LogP contribution < -0.4 is 9.47 Å². The lowest BCUT2D eigenvalue weighted by Crippen LogP contribution is -1.99. The second-order valence-corrected chi connectivity index (χ2v) is 7.17. The standard InChI is InChI=1S/C25H22O3/c1-16-8-9-18(3)20(12-16)15-27-21-10-11-22-23(14-21)28-24(25(22)26)13-19-7-5-4-6-17(19)2/h4-14H,15H2,1-3H3/b24-13-. The van der Waals surface area contributed by atoms with Crippen molar-refractivity contribution in [2.45, 2.75) is 27.4 Å². The third-order valence-corrected chi connectivity index (χ3v) is 5.02. The normalized spacial score (nSPS) is 14.1. The lowest BCUT2D eigenvalue weighted by Gasteiger charge is -2.10. The van der Waals surface area contributed by atoms with Crippen LogP contribution in [0.15, 0.2) is 66.4 Å². The van der Waals surface area contributed by atoms with Crippen LogP contribution in [0.25, 0.3) is 6.08 Å². The third-order valence-electron chi connectivity index (χ3n) is 5.02. The summed E-state index contributed by atoms with van der Waals surface area (Å²) in [5.74, 6) is 1.48. The Bertz CT molecular complexity index is 1090. The smallest absolute Gasteiger partial charge is 0.231 e. The van der Waals surface area contributed by atoms with Crippen LogP contribution in [0.2, 0.25) is 0 Å². The van der Waals surface area contributed by atoms with Crippen molar-refractivity contribution in [2.75, 3.05) is 0 Å². The Hall–Kier alpha value is -3.33. The number of rotatable bonds is 4. The SMILES string of the molecule is Cc1ccc(C)c(COc2ccc3c(c2)O/C(=C\c2ccccc2C)C3=O)c1. The van der Waals surface area contributed by atoms with Gasteiger partial charge in [0.15, 0.2) is 5.76 Å². The van der Waals surface area contributed by atoms with Crippen molar-refractivity contribution in [1.29, 1.82) is 0 Å². The summed E-state index contributed by atoms with van der Waals surface area (Å²) >= 11 is 0. The van der Waals surface area contributed by atoms with E-state index >= 15 is 0 Å². The number of aryl methyl sites for hydroxylation is 3. The molecule has 1 heterocycles. The summed E-state index contributed by atoms with van der Waals surface area (Å²) in [6.45, 7) is 6.63. The molecule has 0 spiro atoms. The van der Waals surface area contributed by atoms with Crippen LogP contribution in [0, 0.1) is 20.8 Å². The molecule has 3 aromatic rings. The molecule has 28 heavy (non-hydrogen) atoms. The van der Waals surface area contributed by atoms with Crippen molar-refractivity contribution in [3.63, 3.8) is 0 Å². The molecule has 1 aliphatic heterocycles. The largest absolute Gasteiger partial charge is 0.489 e. The number of carbonyl (C=O) groups excluding carboxylic acids is 1. The Morgan fingerprint density at radius 1 is 0.929 bits per heavy atom. The summed E-state index contributed by atoms with van der Waals surface area (Å²) in [6.07, 6.45) is 1.80. The maximum atomic E-state index is 12.7. The van der Waals surface area contributed by atoms with Crippen molar-refractivity contribution < 1.29 is 14.3 Å². The van der Waals surface area contributed by atoms with Gasteiger partial charge in [-0.1, -0.05) is 48.0 Å². The number of allylic oxidation sites excluding steroid dienone is 1. The highest BCUT2D eigenvalue weighted by Gasteiger charge is 2.27. The van der Waals surface area contributed by atoms with Gasteiger partial charge in [-0.05, 0) is 61.2 Å². The van der Waals surface area contributed by atoms with Crippen molar-refractivity contribution >= 4 is 11.9 Å². The number of ether oxygens (including phenoxy) is 2. The second kappa shape index (κ2) is 7.35. The summed E-state index contributed by atoms with van der Waals surface area (Å²) in [7, 11) is 0. The van der Waals surface area contributed by atoms with Crippen molar-refractivity contribution in [2.24, 2.45) is 0 Å². The van der Waals surface area contributed by atoms with E-state index in [1.165, 1.54) is 11.1 Å². The van der Waals surface area contributed by atoms with E-state index in [1.807, 2.05) is 37.3 Å². The minimum Gasteiger partial charge on any atom is -0.489 e. The van der Waals surface area contributed by atoms with E-state index in [1.54, 1.807) is 18.2 Å². The zero-order valence-electron chi connectivity index (χ0n) is 16.3. The highest BCUT2D eigenvalue weighted by Crippen LogP contribution is 2.35. The van der Waals surface area contributed by atoms with E-state index < -0.39 is 0 Å². The van der Waals surface area contributed by atoms with Crippen molar-refractivity contribution in [3.05, 3.63) is 99.8 Å². The first kappa shape index (κ1) is 18.1. The molecule has 0 radical (unpaired) electrons. The summed E-state index contributed by atoms with van der Waals surface area (Å²) < 4.78 is 11.8. The topological polar surface area (TPSA) is 35.5 Å². The number of hydrogen-bond acceptors (Lipinski definition) is 3. The molecule has 0 saturated heterocycles. The van der Waals surface area contributed by atoms with Gasteiger partial charge < -0.3 is 9.47 Å². The van der Waals surface area contributed by atoms with Gasteiger partial charge in [0.1, 0.15) is 18.1 Å². The van der Waals surface area contributed by atoms with Gasteiger partial charge in [0.05, 0.1) is 5.56 Å². The molecule has 0 unspecified atom stereocenters. The van der Waals surface area contributed by atoms with Crippen LogP contribution in [-0.2, 0) is 6.61 Å². The lowest BCUT2D eigenvalue weighted by molar-refractivity contribution is 0.101.